The summed E-state index contributed by atoms with van der Waals surface area (Å²) in [6.45, 7) is 9.23. The molecule has 3 nitrogen and oxygen atoms in total. The molecular weight excluding hydrogens is 369 g/mol. The zero-order valence-electron chi connectivity index (χ0n) is 15.5. The molecule has 0 saturated heterocycles. The first-order chi connectivity index (χ1) is 12.4. The molecule has 0 N–H and O–H groups in total. The quantitative estimate of drug-likeness (QED) is 0.509. The highest BCUT2D eigenvalue weighted by Gasteiger charge is 2.17. The van der Waals surface area contributed by atoms with Crippen LogP contribution in [0.25, 0.3) is 0 Å². The fraction of sp³-hybridized carbons (Fsp3) is 0.381. The van der Waals surface area contributed by atoms with Crippen molar-refractivity contribution in [1.82, 2.24) is 4.90 Å². The summed E-state index contributed by atoms with van der Waals surface area (Å²) in [7, 11) is 0. The van der Waals surface area contributed by atoms with Gasteiger partial charge in [0.1, 0.15) is 12.4 Å². The Morgan fingerprint density at radius 1 is 1.08 bits per heavy atom. The number of rotatable bonds is 9. The van der Waals surface area contributed by atoms with E-state index in [-0.39, 0.29) is 11.7 Å². The van der Waals surface area contributed by atoms with E-state index in [0.717, 1.165) is 25.2 Å². The Morgan fingerprint density at radius 2 is 1.73 bits per heavy atom. The molecule has 0 radical (unpaired) electrons. The van der Waals surface area contributed by atoms with E-state index in [1.807, 2.05) is 37.3 Å². The van der Waals surface area contributed by atoms with Crippen molar-refractivity contribution >= 4 is 29.0 Å². The van der Waals surface area contributed by atoms with Crippen molar-refractivity contribution in [2.24, 2.45) is 5.92 Å². The van der Waals surface area contributed by atoms with Crippen molar-refractivity contribution in [3.05, 3.63) is 63.6 Å². The van der Waals surface area contributed by atoms with E-state index < -0.39 is 0 Å². The van der Waals surface area contributed by atoms with Crippen molar-refractivity contribution in [2.75, 3.05) is 19.6 Å². The molecule has 0 aliphatic rings. The molecule has 26 heavy (non-hydrogen) atoms. The SMILES string of the molecule is CCN(CC)CC(C)C(=O)c1ccc(OCc2ccc(Cl)cc2Cl)cc1. The largest absolute Gasteiger partial charge is 0.489 e. The maximum absolute atomic E-state index is 12.6. The van der Waals surface area contributed by atoms with Gasteiger partial charge in [0.05, 0.1) is 0 Å². The van der Waals surface area contributed by atoms with Crippen LogP contribution < -0.4 is 4.74 Å². The van der Waals surface area contributed by atoms with Crippen molar-refractivity contribution in [3.63, 3.8) is 0 Å². The van der Waals surface area contributed by atoms with Gasteiger partial charge in [0.25, 0.3) is 0 Å². The summed E-state index contributed by atoms with van der Waals surface area (Å²) in [4.78, 5) is 14.8. The van der Waals surface area contributed by atoms with Crippen LogP contribution >= 0.6 is 23.2 Å². The molecule has 1 unspecified atom stereocenters. The van der Waals surface area contributed by atoms with Crippen LogP contribution in [0.3, 0.4) is 0 Å². The van der Waals surface area contributed by atoms with E-state index in [1.165, 1.54) is 0 Å². The van der Waals surface area contributed by atoms with Gasteiger partial charge in [-0.2, -0.15) is 0 Å². The molecule has 2 aromatic carbocycles. The van der Waals surface area contributed by atoms with E-state index in [1.54, 1.807) is 12.1 Å². The Morgan fingerprint density at radius 3 is 2.31 bits per heavy atom. The minimum Gasteiger partial charge on any atom is -0.489 e. The van der Waals surface area contributed by atoms with Gasteiger partial charge in [0, 0.05) is 33.6 Å². The Kier molecular flexibility index (Phi) is 7.95. The van der Waals surface area contributed by atoms with Gasteiger partial charge >= 0.3 is 0 Å². The fourth-order valence-electron chi connectivity index (χ4n) is 2.75. The van der Waals surface area contributed by atoms with Gasteiger partial charge in [0.2, 0.25) is 0 Å². The summed E-state index contributed by atoms with van der Waals surface area (Å²) in [5.74, 6) is 0.822. The van der Waals surface area contributed by atoms with Crippen LogP contribution in [0.15, 0.2) is 42.5 Å². The Hall–Kier alpha value is -1.55. The molecule has 0 amide bonds. The number of hydrogen-bond acceptors (Lipinski definition) is 3. The topological polar surface area (TPSA) is 29.5 Å². The van der Waals surface area contributed by atoms with Crippen LogP contribution in [0.4, 0.5) is 0 Å². The summed E-state index contributed by atoms with van der Waals surface area (Å²) < 4.78 is 5.76. The van der Waals surface area contributed by atoms with Crippen molar-refractivity contribution in [2.45, 2.75) is 27.4 Å². The average molecular weight is 394 g/mol. The molecule has 0 aliphatic carbocycles. The maximum atomic E-state index is 12.6. The molecule has 0 saturated carbocycles. The van der Waals surface area contributed by atoms with Gasteiger partial charge in [-0.15, -0.1) is 0 Å². The number of carbonyl (C=O) groups excluding carboxylic acids is 1. The second-order valence-corrected chi connectivity index (χ2v) is 7.14. The normalized spacial score (nSPS) is 12.2. The highest BCUT2D eigenvalue weighted by Crippen LogP contribution is 2.23. The number of hydrogen-bond donors (Lipinski definition) is 0. The predicted molar refractivity (Wildman–Crippen MR) is 109 cm³/mol. The Labute approximate surface area is 165 Å². The minimum atomic E-state index is -0.0328. The molecule has 0 heterocycles. The highest BCUT2D eigenvalue weighted by molar-refractivity contribution is 6.35. The summed E-state index contributed by atoms with van der Waals surface area (Å²) >= 11 is 12.0. The van der Waals surface area contributed by atoms with Crippen LogP contribution in [-0.2, 0) is 6.61 Å². The molecular formula is C21H25Cl2NO2. The van der Waals surface area contributed by atoms with Gasteiger partial charge in [-0.25, -0.2) is 0 Å². The van der Waals surface area contributed by atoms with Gasteiger partial charge in [-0.05, 0) is 49.5 Å². The lowest BCUT2D eigenvalue weighted by molar-refractivity contribution is 0.0898. The van der Waals surface area contributed by atoms with E-state index in [0.29, 0.717) is 28.0 Å². The van der Waals surface area contributed by atoms with Gasteiger partial charge < -0.3 is 9.64 Å². The summed E-state index contributed by atoms with van der Waals surface area (Å²) in [6, 6.07) is 12.6. The third-order valence-electron chi connectivity index (χ3n) is 4.42. The standard InChI is InChI=1S/C21H25Cl2NO2/c1-4-24(5-2)13-15(3)21(25)16-7-10-19(11-8-16)26-14-17-6-9-18(22)12-20(17)23/h6-12,15H,4-5,13-14H2,1-3H3. The number of ketones is 1. The van der Waals surface area contributed by atoms with Crippen LogP contribution in [-0.4, -0.2) is 30.3 Å². The van der Waals surface area contributed by atoms with Crippen molar-refractivity contribution < 1.29 is 9.53 Å². The number of halogens is 2. The zero-order chi connectivity index (χ0) is 19.1. The third-order valence-corrected chi connectivity index (χ3v) is 5.01. The van der Waals surface area contributed by atoms with Crippen LogP contribution in [0.1, 0.15) is 36.7 Å². The first-order valence-corrected chi connectivity index (χ1v) is 9.63. The molecule has 2 aromatic rings. The number of benzene rings is 2. The molecule has 2 rings (SSSR count). The van der Waals surface area contributed by atoms with Gasteiger partial charge in [-0.1, -0.05) is 50.0 Å². The molecule has 5 heteroatoms. The third kappa shape index (κ3) is 5.73. The van der Waals surface area contributed by atoms with Gasteiger partial charge in [0.15, 0.2) is 5.78 Å². The van der Waals surface area contributed by atoms with Crippen molar-refractivity contribution in [3.8, 4) is 5.75 Å². The van der Waals surface area contributed by atoms with Crippen LogP contribution in [0.2, 0.25) is 10.0 Å². The van der Waals surface area contributed by atoms with E-state index in [9.17, 15) is 4.79 Å². The highest BCUT2D eigenvalue weighted by atomic mass is 35.5. The summed E-state index contributed by atoms with van der Waals surface area (Å²) in [5, 5.41) is 1.18. The minimum absolute atomic E-state index is 0.0328. The molecule has 140 valence electrons. The molecule has 0 fully saturated rings. The van der Waals surface area contributed by atoms with Gasteiger partial charge in [-0.3, -0.25) is 4.79 Å². The first kappa shape index (κ1) is 20.8. The second kappa shape index (κ2) is 9.96. The molecule has 0 bridgehead atoms. The molecule has 0 aromatic heterocycles. The lowest BCUT2D eigenvalue weighted by Gasteiger charge is -2.22. The number of Topliss-reactive ketones (excluding diaryl/α,β-unsaturated/α-hetero) is 1. The average Bonchev–Trinajstić information content (AvgIpc) is 2.65. The fourth-order valence-corrected chi connectivity index (χ4v) is 3.21. The number of ether oxygens (including phenoxy) is 1. The maximum Gasteiger partial charge on any atom is 0.166 e. The van der Waals surface area contributed by atoms with Crippen LogP contribution in [0, 0.1) is 5.92 Å². The number of nitrogens with zero attached hydrogens (tertiary/aromatic N) is 1. The molecule has 1 atom stereocenters. The Bertz CT molecular complexity index is 727. The summed E-state index contributed by atoms with van der Waals surface area (Å²) in [5.41, 5.74) is 1.57. The van der Waals surface area contributed by atoms with E-state index in [4.69, 9.17) is 27.9 Å². The first-order valence-electron chi connectivity index (χ1n) is 8.88. The molecule has 0 spiro atoms. The Balaban J connectivity index is 1.95. The van der Waals surface area contributed by atoms with E-state index >= 15 is 0 Å². The van der Waals surface area contributed by atoms with Crippen LogP contribution in [0.5, 0.6) is 5.75 Å². The monoisotopic (exact) mass is 393 g/mol. The van der Waals surface area contributed by atoms with Crippen molar-refractivity contribution in [1.29, 1.82) is 0 Å². The zero-order valence-corrected chi connectivity index (χ0v) is 17.0. The van der Waals surface area contributed by atoms with E-state index in [2.05, 4.69) is 18.7 Å². The summed E-state index contributed by atoms with van der Waals surface area (Å²) in [6.07, 6.45) is 0. The smallest absolute Gasteiger partial charge is 0.166 e. The number of carbonyl (C=O) groups is 1. The lowest BCUT2D eigenvalue weighted by Crippen LogP contribution is -2.31. The second-order valence-electron chi connectivity index (χ2n) is 6.30. The predicted octanol–water partition coefficient (Wildman–Crippen LogP) is 5.73. The lowest BCUT2D eigenvalue weighted by atomic mass is 9.98. The molecule has 0 aliphatic heterocycles.